The number of hydrogen-bond donors (Lipinski definition) is 0. The second kappa shape index (κ2) is 7.48. The molecule has 0 aromatic carbocycles. The summed E-state index contributed by atoms with van der Waals surface area (Å²) in [5.74, 6) is 1.35. The molecule has 2 heteroatoms. The van der Waals surface area contributed by atoms with Crippen molar-refractivity contribution in [3.63, 3.8) is 0 Å². The lowest BCUT2D eigenvalue weighted by molar-refractivity contribution is 0.112. The molecule has 0 fully saturated rings. The van der Waals surface area contributed by atoms with Gasteiger partial charge in [0.1, 0.15) is 0 Å². The Balaban J connectivity index is 3.00. The summed E-state index contributed by atoms with van der Waals surface area (Å²) in [6, 6.07) is 0. The van der Waals surface area contributed by atoms with Crippen molar-refractivity contribution in [3.8, 4) is 0 Å². The molecule has 0 radical (unpaired) electrons. The SMILES string of the molecule is CC(C)[C@@H]1/C=C/[C@](C)(O[Si](C)(C)C(C)(C)C)CC/C=C\CC1. The molecule has 1 aliphatic carbocycles. The van der Waals surface area contributed by atoms with Crippen LogP contribution in [0.1, 0.15) is 67.2 Å². The molecule has 2 atom stereocenters. The van der Waals surface area contributed by atoms with E-state index in [1.165, 1.54) is 12.8 Å². The van der Waals surface area contributed by atoms with Gasteiger partial charge in [-0.05, 0) is 62.6 Å². The normalized spacial score (nSPS) is 31.0. The maximum absolute atomic E-state index is 6.81. The van der Waals surface area contributed by atoms with Gasteiger partial charge in [-0.25, -0.2) is 0 Å². The first-order valence-electron chi connectivity index (χ1n) is 9.01. The molecule has 0 spiro atoms. The van der Waals surface area contributed by atoms with Crippen LogP contribution in [0.15, 0.2) is 24.3 Å². The van der Waals surface area contributed by atoms with Crippen LogP contribution in [-0.4, -0.2) is 13.9 Å². The Bertz CT molecular complexity index is 400. The molecular weight excluding hydrogens is 284 g/mol. The fourth-order valence-corrected chi connectivity index (χ4v) is 4.42. The fraction of sp³-hybridized carbons (Fsp3) is 0.800. The van der Waals surface area contributed by atoms with E-state index in [4.69, 9.17) is 4.43 Å². The maximum Gasteiger partial charge on any atom is 0.193 e. The van der Waals surface area contributed by atoms with Crippen LogP contribution in [0.5, 0.6) is 0 Å². The Labute approximate surface area is 140 Å². The van der Waals surface area contributed by atoms with Crippen LogP contribution in [0.25, 0.3) is 0 Å². The Hall–Kier alpha value is -0.343. The molecule has 0 saturated heterocycles. The number of hydrogen-bond acceptors (Lipinski definition) is 1. The van der Waals surface area contributed by atoms with E-state index in [1.54, 1.807) is 0 Å². The third-order valence-electron chi connectivity index (χ3n) is 5.49. The van der Waals surface area contributed by atoms with Crippen LogP contribution < -0.4 is 0 Å². The van der Waals surface area contributed by atoms with Crippen molar-refractivity contribution in [1.82, 2.24) is 0 Å². The largest absolute Gasteiger partial charge is 0.408 e. The summed E-state index contributed by atoms with van der Waals surface area (Å²) in [5.41, 5.74) is -0.127. The van der Waals surface area contributed by atoms with Gasteiger partial charge in [-0.2, -0.15) is 0 Å². The van der Waals surface area contributed by atoms with Crippen molar-refractivity contribution in [3.05, 3.63) is 24.3 Å². The van der Waals surface area contributed by atoms with Crippen LogP contribution in [0.4, 0.5) is 0 Å². The van der Waals surface area contributed by atoms with E-state index in [9.17, 15) is 0 Å². The van der Waals surface area contributed by atoms with Gasteiger partial charge in [-0.1, -0.05) is 58.9 Å². The first-order valence-corrected chi connectivity index (χ1v) is 11.9. The first-order chi connectivity index (χ1) is 9.97. The molecule has 0 amide bonds. The third kappa shape index (κ3) is 5.70. The Kier molecular flexibility index (Phi) is 6.70. The molecule has 0 saturated carbocycles. The molecule has 1 aliphatic rings. The van der Waals surface area contributed by atoms with Crippen molar-refractivity contribution >= 4 is 8.32 Å². The van der Waals surface area contributed by atoms with E-state index in [2.05, 4.69) is 78.9 Å². The predicted molar refractivity (Wildman–Crippen MR) is 102 cm³/mol. The summed E-state index contributed by atoms with van der Waals surface area (Å²) in [4.78, 5) is 0. The zero-order chi connectivity index (χ0) is 17.0. The summed E-state index contributed by atoms with van der Waals surface area (Å²) in [6.07, 6.45) is 14.2. The highest BCUT2D eigenvalue weighted by molar-refractivity contribution is 6.74. The van der Waals surface area contributed by atoms with Crippen molar-refractivity contribution < 1.29 is 4.43 Å². The van der Waals surface area contributed by atoms with Gasteiger partial charge in [0, 0.05) is 0 Å². The van der Waals surface area contributed by atoms with Crippen molar-refractivity contribution in [1.29, 1.82) is 0 Å². The minimum atomic E-state index is -1.76. The van der Waals surface area contributed by atoms with Crippen molar-refractivity contribution in [2.75, 3.05) is 0 Å². The fourth-order valence-electron chi connectivity index (χ4n) is 2.78. The summed E-state index contributed by atoms with van der Waals surface area (Å²) in [7, 11) is -1.76. The molecule has 0 aliphatic heterocycles. The smallest absolute Gasteiger partial charge is 0.193 e. The third-order valence-corrected chi connectivity index (χ3v) is 10.1. The lowest BCUT2D eigenvalue weighted by Crippen LogP contribution is -2.48. The molecule has 22 heavy (non-hydrogen) atoms. The monoisotopic (exact) mass is 322 g/mol. The second-order valence-corrected chi connectivity index (χ2v) is 13.8. The van der Waals surface area contributed by atoms with Crippen LogP contribution in [-0.2, 0) is 4.43 Å². The van der Waals surface area contributed by atoms with Gasteiger partial charge in [0.15, 0.2) is 8.32 Å². The van der Waals surface area contributed by atoms with E-state index in [0.29, 0.717) is 11.8 Å². The summed E-state index contributed by atoms with van der Waals surface area (Å²) in [5, 5.41) is 0.256. The molecule has 0 bridgehead atoms. The van der Waals surface area contributed by atoms with Crippen molar-refractivity contribution in [2.45, 2.75) is 91.0 Å². The zero-order valence-electron chi connectivity index (χ0n) is 16.2. The van der Waals surface area contributed by atoms with Gasteiger partial charge in [-0.15, -0.1) is 0 Å². The summed E-state index contributed by atoms with van der Waals surface area (Å²) >= 11 is 0. The average Bonchev–Trinajstić information content (AvgIpc) is 2.34. The van der Waals surface area contributed by atoms with Gasteiger partial charge in [-0.3, -0.25) is 0 Å². The lowest BCUT2D eigenvalue weighted by atomic mass is 9.87. The molecule has 0 N–H and O–H groups in total. The minimum absolute atomic E-state index is 0.127. The van der Waals surface area contributed by atoms with E-state index < -0.39 is 8.32 Å². The number of allylic oxidation sites excluding steroid dienone is 3. The van der Waals surface area contributed by atoms with Gasteiger partial charge in [0.2, 0.25) is 0 Å². The van der Waals surface area contributed by atoms with E-state index in [0.717, 1.165) is 12.8 Å². The highest BCUT2D eigenvalue weighted by Crippen LogP contribution is 2.41. The standard InChI is InChI=1S/C20H38OSi/c1-17(2)18-13-11-9-10-12-15-20(6,16-14-18)21-22(7,8)19(3,4)5/h9-10,14,16-18H,11-13,15H2,1-8H3/b10-9-,16-14+/t18-,20+/m0/s1. The molecule has 128 valence electrons. The lowest BCUT2D eigenvalue weighted by Gasteiger charge is -2.43. The van der Waals surface area contributed by atoms with Gasteiger partial charge in [0.05, 0.1) is 5.60 Å². The summed E-state index contributed by atoms with van der Waals surface area (Å²) < 4.78 is 6.81. The van der Waals surface area contributed by atoms with Gasteiger partial charge >= 0.3 is 0 Å². The van der Waals surface area contributed by atoms with E-state index in [1.807, 2.05) is 0 Å². The average molecular weight is 323 g/mol. The van der Waals surface area contributed by atoms with Gasteiger partial charge in [0.25, 0.3) is 0 Å². The molecule has 1 nitrogen and oxygen atoms in total. The van der Waals surface area contributed by atoms with Crippen LogP contribution in [0.3, 0.4) is 0 Å². The Morgan fingerprint density at radius 3 is 2.27 bits per heavy atom. The van der Waals surface area contributed by atoms with Crippen LogP contribution in [0.2, 0.25) is 18.1 Å². The topological polar surface area (TPSA) is 9.23 Å². The van der Waals surface area contributed by atoms with Crippen LogP contribution >= 0.6 is 0 Å². The summed E-state index contributed by atoms with van der Waals surface area (Å²) in [6.45, 7) is 18.6. The Morgan fingerprint density at radius 2 is 1.73 bits per heavy atom. The van der Waals surface area contributed by atoms with Crippen LogP contribution in [0, 0.1) is 11.8 Å². The Morgan fingerprint density at radius 1 is 1.14 bits per heavy atom. The highest BCUT2D eigenvalue weighted by atomic mass is 28.4. The second-order valence-electron chi connectivity index (χ2n) is 9.03. The zero-order valence-corrected chi connectivity index (χ0v) is 17.2. The highest BCUT2D eigenvalue weighted by Gasteiger charge is 2.42. The molecule has 0 aromatic heterocycles. The maximum atomic E-state index is 6.81. The molecular formula is C20H38OSi. The van der Waals surface area contributed by atoms with E-state index in [-0.39, 0.29) is 10.6 Å². The molecule has 0 heterocycles. The van der Waals surface area contributed by atoms with E-state index >= 15 is 0 Å². The molecule has 1 rings (SSSR count). The minimum Gasteiger partial charge on any atom is -0.408 e. The number of rotatable bonds is 3. The first kappa shape index (κ1) is 19.7. The predicted octanol–water partition coefficient (Wildman–Crippen LogP) is 6.73. The molecule has 0 unspecified atom stereocenters. The van der Waals surface area contributed by atoms with Gasteiger partial charge < -0.3 is 4.43 Å². The van der Waals surface area contributed by atoms with Crippen molar-refractivity contribution in [2.24, 2.45) is 11.8 Å². The quantitative estimate of drug-likeness (QED) is 0.413. The molecule has 0 aromatic rings.